The van der Waals surface area contributed by atoms with Crippen molar-refractivity contribution in [1.82, 2.24) is 9.80 Å². The Bertz CT molecular complexity index is 450. The Hall–Kier alpha value is -0.610. The van der Waals surface area contributed by atoms with Gasteiger partial charge in [-0.05, 0) is 45.0 Å². The SMILES string of the molecule is CN1CCN(CCC(O)c2cccc(Cl)c2)CC1(C)C. The number of aliphatic hydroxyl groups is 1. The maximum absolute atomic E-state index is 10.3. The van der Waals surface area contributed by atoms with Crippen LogP contribution in [0.5, 0.6) is 0 Å². The molecule has 1 fully saturated rings. The van der Waals surface area contributed by atoms with Crippen molar-refractivity contribution in [2.45, 2.75) is 31.9 Å². The van der Waals surface area contributed by atoms with Crippen molar-refractivity contribution in [2.24, 2.45) is 0 Å². The lowest BCUT2D eigenvalue weighted by Crippen LogP contribution is -2.57. The van der Waals surface area contributed by atoms with Crippen LogP contribution in [0, 0.1) is 0 Å². The summed E-state index contributed by atoms with van der Waals surface area (Å²) in [5.74, 6) is 0. The van der Waals surface area contributed by atoms with Crippen LogP contribution in [0.1, 0.15) is 31.9 Å². The van der Waals surface area contributed by atoms with Crippen LogP contribution in [-0.4, -0.2) is 53.7 Å². The number of nitrogens with zero attached hydrogens (tertiary/aromatic N) is 2. The maximum Gasteiger partial charge on any atom is 0.0802 e. The van der Waals surface area contributed by atoms with Crippen molar-refractivity contribution in [1.29, 1.82) is 0 Å². The second kappa shape index (κ2) is 6.44. The molecule has 0 bridgehead atoms. The third-order valence-corrected chi connectivity index (χ3v) is 4.58. The Morgan fingerprint density at radius 1 is 1.35 bits per heavy atom. The fraction of sp³-hybridized carbons (Fsp3) is 0.625. The van der Waals surface area contributed by atoms with E-state index in [0.29, 0.717) is 5.02 Å². The molecule has 1 unspecified atom stereocenters. The first kappa shape index (κ1) is 15.8. The van der Waals surface area contributed by atoms with Gasteiger partial charge in [-0.2, -0.15) is 0 Å². The predicted molar refractivity (Wildman–Crippen MR) is 84.2 cm³/mol. The summed E-state index contributed by atoms with van der Waals surface area (Å²) in [7, 11) is 2.18. The first-order valence-corrected chi connectivity index (χ1v) is 7.63. The highest BCUT2D eigenvalue weighted by atomic mass is 35.5. The molecule has 1 heterocycles. The van der Waals surface area contributed by atoms with Crippen LogP contribution < -0.4 is 0 Å². The van der Waals surface area contributed by atoms with Gasteiger partial charge in [0.15, 0.2) is 0 Å². The quantitative estimate of drug-likeness (QED) is 0.925. The molecule has 112 valence electrons. The first-order valence-electron chi connectivity index (χ1n) is 7.25. The number of benzene rings is 1. The predicted octanol–water partition coefficient (Wildman–Crippen LogP) is 2.79. The van der Waals surface area contributed by atoms with Gasteiger partial charge in [0.2, 0.25) is 0 Å². The van der Waals surface area contributed by atoms with Gasteiger partial charge >= 0.3 is 0 Å². The van der Waals surface area contributed by atoms with Crippen LogP contribution >= 0.6 is 11.6 Å². The van der Waals surface area contributed by atoms with Gasteiger partial charge in [-0.25, -0.2) is 0 Å². The summed E-state index contributed by atoms with van der Waals surface area (Å²) in [6, 6.07) is 7.51. The van der Waals surface area contributed by atoms with E-state index in [0.717, 1.165) is 38.2 Å². The smallest absolute Gasteiger partial charge is 0.0802 e. The van der Waals surface area contributed by atoms with E-state index in [1.807, 2.05) is 24.3 Å². The molecule has 1 aromatic carbocycles. The number of piperazine rings is 1. The van der Waals surface area contributed by atoms with Gasteiger partial charge in [-0.15, -0.1) is 0 Å². The van der Waals surface area contributed by atoms with Crippen molar-refractivity contribution >= 4 is 11.6 Å². The molecule has 1 aliphatic heterocycles. The molecule has 3 nitrogen and oxygen atoms in total. The summed E-state index contributed by atoms with van der Waals surface area (Å²) in [5.41, 5.74) is 1.12. The third-order valence-electron chi connectivity index (χ3n) is 4.35. The van der Waals surface area contributed by atoms with Crippen molar-refractivity contribution in [2.75, 3.05) is 33.2 Å². The van der Waals surface area contributed by atoms with Crippen LogP contribution in [-0.2, 0) is 0 Å². The molecular formula is C16H25ClN2O. The van der Waals surface area contributed by atoms with Gasteiger partial charge in [0.05, 0.1) is 6.10 Å². The summed E-state index contributed by atoms with van der Waals surface area (Å²) < 4.78 is 0. The molecule has 1 aromatic rings. The van der Waals surface area contributed by atoms with Crippen LogP contribution in [0.4, 0.5) is 0 Å². The van der Waals surface area contributed by atoms with Gasteiger partial charge in [0.25, 0.3) is 0 Å². The molecule has 4 heteroatoms. The topological polar surface area (TPSA) is 26.7 Å². The Kier molecular flexibility index (Phi) is 5.08. The molecule has 1 N–H and O–H groups in total. The molecule has 0 aliphatic carbocycles. The van der Waals surface area contributed by atoms with E-state index in [9.17, 15) is 5.11 Å². The van der Waals surface area contributed by atoms with Crippen molar-refractivity contribution in [3.8, 4) is 0 Å². The Morgan fingerprint density at radius 3 is 2.75 bits per heavy atom. The van der Waals surface area contributed by atoms with E-state index < -0.39 is 6.10 Å². The Morgan fingerprint density at radius 2 is 2.10 bits per heavy atom. The molecule has 1 atom stereocenters. The van der Waals surface area contributed by atoms with Gasteiger partial charge < -0.3 is 10.0 Å². The van der Waals surface area contributed by atoms with Crippen molar-refractivity contribution in [3.05, 3.63) is 34.9 Å². The Balaban J connectivity index is 1.86. The van der Waals surface area contributed by atoms with Gasteiger partial charge in [-0.3, -0.25) is 4.90 Å². The molecule has 2 rings (SSSR count). The molecule has 0 radical (unpaired) electrons. The fourth-order valence-electron chi connectivity index (χ4n) is 2.72. The summed E-state index contributed by atoms with van der Waals surface area (Å²) in [6.07, 6.45) is 0.316. The number of halogens is 1. The third kappa shape index (κ3) is 3.95. The van der Waals surface area contributed by atoms with Crippen molar-refractivity contribution in [3.63, 3.8) is 0 Å². The van der Waals surface area contributed by atoms with E-state index in [1.165, 1.54) is 0 Å². The highest BCUT2D eigenvalue weighted by molar-refractivity contribution is 6.30. The largest absolute Gasteiger partial charge is 0.388 e. The highest BCUT2D eigenvalue weighted by Gasteiger charge is 2.30. The minimum absolute atomic E-state index is 0.208. The van der Waals surface area contributed by atoms with Crippen LogP contribution in [0.2, 0.25) is 5.02 Å². The number of hydrogen-bond donors (Lipinski definition) is 1. The number of hydrogen-bond acceptors (Lipinski definition) is 3. The lowest BCUT2D eigenvalue weighted by atomic mass is 9.99. The first-order chi connectivity index (χ1) is 9.38. The van der Waals surface area contributed by atoms with Crippen LogP contribution in [0.3, 0.4) is 0 Å². The van der Waals surface area contributed by atoms with Crippen molar-refractivity contribution < 1.29 is 5.11 Å². The zero-order chi connectivity index (χ0) is 14.8. The van der Waals surface area contributed by atoms with E-state index in [1.54, 1.807) is 0 Å². The standard InChI is InChI=1S/C16H25ClN2O/c1-16(2)12-19(10-9-18(16)3)8-7-15(20)13-5-4-6-14(17)11-13/h4-6,11,15,20H,7-10,12H2,1-3H3. The molecule has 0 amide bonds. The summed E-state index contributed by atoms with van der Waals surface area (Å²) in [5, 5.41) is 10.9. The highest BCUT2D eigenvalue weighted by Crippen LogP contribution is 2.23. The summed E-state index contributed by atoms with van der Waals surface area (Å²) >= 11 is 5.96. The summed E-state index contributed by atoms with van der Waals surface area (Å²) in [4.78, 5) is 4.84. The molecule has 0 spiro atoms. The van der Waals surface area contributed by atoms with E-state index in [-0.39, 0.29) is 5.54 Å². The normalized spacial score (nSPS) is 21.9. The number of likely N-dealkylation sites (N-methyl/N-ethyl adjacent to an activating group) is 1. The van der Waals surface area contributed by atoms with E-state index >= 15 is 0 Å². The maximum atomic E-state index is 10.3. The second-order valence-electron chi connectivity index (χ2n) is 6.37. The van der Waals surface area contributed by atoms with Crippen LogP contribution in [0.15, 0.2) is 24.3 Å². The molecular weight excluding hydrogens is 272 g/mol. The lowest BCUT2D eigenvalue weighted by Gasteiger charge is -2.45. The number of rotatable bonds is 4. The van der Waals surface area contributed by atoms with E-state index in [2.05, 4.69) is 30.7 Å². The molecule has 0 aromatic heterocycles. The lowest BCUT2D eigenvalue weighted by molar-refractivity contribution is 0.0313. The molecule has 0 saturated carbocycles. The zero-order valence-electron chi connectivity index (χ0n) is 12.6. The van der Waals surface area contributed by atoms with E-state index in [4.69, 9.17) is 11.6 Å². The van der Waals surface area contributed by atoms with Crippen LogP contribution in [0.25, 0.3) is 0 Å². The monoisotopic (exact) mass is 296 g/mol. The second-order valence-corrected chi connectivity index (χ2v) is 6.81. The fourth-order valence-corrected chi connectivity index (χ4v) is 2.92. The van der Waals surface area contributed by atoms with Gasteiger partial charge in [-0.1, -0.05) is 23.7 Å². The average molecular weight is 297 g/mol. The zero-order valence-corrected chi connectivity index (χ0v) is 13.4. The molecule has 1 aliphatic rings. The number of aliphatic hydroxyl groups excluding tert-OH is 1. The summed E-state index contributed by atoms with van der Waals surface area (Å²) in [6.45, 7) is 8.66. The minimum Gasteiger partial charge on any atom is -0.388 e. The minimum atomic E-state index is -0.434. The van der Waals surface area contributed by atoms with Gasteiger partial charge in [0, 0.05) is 36.7 Å². The molecule has 20 heavy (non-hydrogen) atoms. The Labute approximate surface area is 127 Å². The molecule has 1 saturated heterocycles. The van der Waals surface area contributed by atoms with Gasteiger partial charge in [0.1, 0.15) is 0 Å². The average Bonchev–Trinajstić information content (AvgIpc) is 2.39.